The lowest BCUT2D eigenvalue weighted by Gasteiger charge is -2.15. The van der Waals surface area contributed by atoms with Gasteiger partial charge in [0.2, 0.25) is 6.10 Å². The molecule has 5 nitrogen and oxygen atoms in total. The molecule has 1 fully saturated rings. The van der Waals surface area contributed by atoms with Crippen LogP contribution in [0.5, 0.6) is 0 Å². The highest BCUT2D eigenvalue weighted by Gasteiger charge is 2.31. The minimum atomic E-state index is -0.814. The minimum absolute atomic E-state index is 0.291. The second-order valence-electron chi connectivity index (χ2n) is 5.77. The third kappa shape index (κ3) is 3.25. The Balaban J connectivity index is 1.83. The SMILES string of the molecule is Cc1cccc(Nc2ccccc2C(=O)OC2CCOC2=O)c1C. The third-order valence-electron chi connectivity index (χ3n) is 4.16. The molecule has 0 saturated carbocycles. The summed E-state index contributed by atoms with van der Waals surface area (Å²) in [6, 6.07) is 13.0. The molecule has 2 aromatic carbocycles. The quantitative estimate of drug-likeness (QED) is 0.871. The minimum Gasteiger partial charge on any atom is -0.463 e. The molecule has 5 heteroatoms. The number of para-hydroxylation sites is 1. The van der Waals surface area contributed by atoms with Crippen LogP contribution in [0.2, 0.25) is 0 Å². The Morgan fingerprint density at radius 1 is 1.12 bits per heavy atom. The van der Waals surface area contributed by atoms with Gasteiger partial charge in [0.05, 0.1) is 17.9 Å². The number of cyclic esters (lactones) is 1. The zero-order chi connectivity index (χ0) is 17.1. The van der Waals surface area contributed by atoms with Crippen molar-refractivity contribution < 1.29 is 19.1 Å². The number of nitrogens with one attached hydrogen (secondary N) is 1. The molecule has 0 aliphatic carbocycles. The second-order valence-corrected chi connectivity index (χ2v) is 5.77. The van der Waals surface area contributed by atoms with Crippen LogP contribution in [0.25, 0.3) is 0 Å². The van der Waals surface area contributed by atoms with Crippen molar-refractivity contribution in [2.45, 2.75) is 26.4 Å². The maximum Gasteiger partial charge on any atom is 0.347 e. The zero-order valence-corrected chi connectivity index (χ0v) is 13.7. The van der Waals surface area contributed by atoms with E-state index in [1.54, 1.807) is 12.1 Å². The van der Waals surface area contributed by atoms with E-state index in [-0.39, 0.29) is 0 Å². The van der Waals surface area contributed by atoms with Gasteiger partial charge in [0.25, 0.3) is 0 Å². The summed E-state index contributed by atoms with van der Waals surface area (Å²) in [5.74, 6) is -1.02. The van der Waals surface area contributed by atoms with E-state index < -0.39 is 18.0 Å². The van der Waals surface area contributed by atoms with E-state index in [1.807, 2.05) is 44.2 Å². The molecule has 0 spiro atoms. The Bertz CT molecular complexity index is 785. The molecular weight excluding hydrogens is 306 g/mol. The number of carbonyl (C=O) groups is 2. The number of rotatable bonds is 4. The van der Waals surface area contributed by atoms with Crippen molar-refractivity contribution in [3.8, 4) is 0 Å². The first-order valence-corrected chi connectivity index (χ1v) is 7.86. The molecule has 1 aliphatic heterocycles. The molecule has 0 bridgehead atoms. The number of anilines is 2. The van der Waals surface area contributed by atoms with Crippen LogP contribution in [0.15, 0.2) is 42.5 Å². The fourth-order valence-electron chi connectivity index (χ4n) is 2.58. The van der Waals surface area contributed by atoms with Gasteiger partial charge in [-0.15, -0.1) is 0 Å². The average Bonchev–Trinajstić information content (AvgIpc) is 2.97. The molecule has 124 valence electrons. The van der Waals surface area contributed by atoms with Crippen LogP contribution in [0.1, 0.15) is 27.9 Å². The number of esters is 2. The Hall–Kier alpha value is -2.82. The van der Waals surface area contributed by atoms with Crippen molar-refractivity contribution in [1.82, 2.24) is 0 Å². The van der Waals surface area contributed by atoms with Gasteiger partial charge in [-0.2, -0.15) is 0 Å². The van der Waals surface area contributed by atoms with Crippen LogP contribution < -0.4 is 5.32 Å². The van der Waals surface area contributed by atoms with E-state index >= 15 is 0 Å². The molecule has 3 rings (SSSR count). The van der Waals surface area contributed by atoms with Gasteiger partial charge >= 0.3 is 11.9 Å². The van der Waals surface area contributed by atoms with Gasteiger partial charge < -0.3 is 14.8 Å². The maximum absolute atomic E-state index is 12.4. The van der Waals surface area contributed by atoms with Crippen LogP contribution in [0, 0.1) is 13.8 Å². The summed E-state index contributed by atoms with van der Waals surface area (Å²) in [6.07, 6.45) is -0.414. The Kier molecular flexibility index (Phi) is 4.51. The standard InChI is InChI=1S/C19H19NO4/c1-12-6-5-9-15(13(12)2)20-16-8-4-3-7-14(16)18(21)24-17-10-11-23-19(17)22/h3-9,17,20H,10-11H2,1-2H3. The largest absolute Gasteiger partial charge is 0.463 e. The summed E-state index contributed by atoms with van der Waals surface area (Å²) in [5.41, 5.74) is 4.23. The van der Waals surface area contributed by atoms with Gasteiger partial charge in [0.15, 0.2) is 0 Å². The van der Waals surface area contributed by atoms with E-state index in [4.69, 9.17) is 9.47 Å². The molecule has 1 N–H and O–H groups in total. The molecule has 0 radical (unpaired) electrons. The Labute approximate surface area is 140 Å². The second kappa shape index (κ2) is 6.74. The molecule has 1 unspecified atom stereocenters. The lowest BCUT2D eigenvalue weighted by atomic mass is 10.1. The molecule has 1 saturated heterocycles. The average molecular weight is 325 g/mol. The molecule has 1 aliphatic rings. The third-order valence-corrected chi connectivity index (χ3v) is 4.16. The summed E-state index contributed by atoms with van der Waals surface area (Å²) in [7, 11) is 0. The highest BCUT2D eigenvalue weighted by Crippen LogP contribution is 2.26. The van der Waals surface area contributed by atoms with E-state index in [0.29, 0.717) is 24.3 Å². The smallest absolute Gasteiger partial charge is 0.347 e. The van der Waals surface area contributed by atoms with Gasteiger partial charge in [-0.3, -0.25) is 0 Å². The van der Waals surface area contributed by atoms with Gasteiger partial charge in [0.1, 0.15) is 0 Å². The number of benzene rings is 2. The fraction of sp³-hybridized carbons (Fsp3) is 0.263. The summed E-state index contributed by atoms with van der Waals surface area (Å²) >= 11 is 0. The van der Waals surface area contributed by atoms with Crippen LogP contribution in [0.3, 0.4) is 0 Å². The Morgan fingerprint density at radius 2 is 1.88 bits per heavy atom. The van der Waals surface area contributed by atoms with Crippen molar-refractivity contribution in [3.63, 3.8) is 0 Å². The van der Waals surface area contributed by atoms with Crippen molar-refractivity contribution in [2.75, 3.05) is 11.9 Å². The molecule has 1 atom stereocenters. The summed E-state index contributed by atoms with van der Waals surface area (Å²) in [6.45, 7) is 4.35. The highest BCUT2D eigenvalue weighted by atomic mass is 16.6. The molecular formula is C19H19NO4. The van der Waals surface area contributed by atoms with Crippen LogP contribution in [-0.4, -0.2) is 24.6 Å². The zero-order valence-electron chi connectivity index (χ0n) is 13.7. The molecule has 0 aromatic heterocycles. The number of hydrogen-bond acceptors (Lipinski definition) is 5. The number of carbonyl (C=O) groups excluding carboxylic acids is 2. The van der Waals surface area contributed by atoms with Gasteiger partial charge in [-0.05, 0) is 43.2 Å². The van der Waals surface area contributed by atoms with E-state index in [2.05, 4.69) is 5.32 Å². The van der Waals surface area contributed by atoms with E-state index in [1.165, 1.54) is 0 Å². The van der Waals surface area contributed by atoms with E-state index in [9.17, 15) is 9.59 Å². The van der Waals surface area contributed by atoms with Gasteiger partial charge in [-0.1, -0.05) is 24.3 Å². The topological polar surface area (TPSA) is 64.6 Å². The first kappa shape index (κ1) is 16.1. The first-order valence-electron chi connectivity index (χ1n) is 7.86. The van der Waals surface area contributed by atoms with Gasteiger partial charge in [-0.25, -0.2) is 9.59 Å². The van der Waals surface area contributed by atoms with Crippen LogP contribution in [0.4, 0.5) is 11.4 Å². The summed E-state index contributed by atoms with van der Waals surface area (Å²) < 4.78 is 10.1. The van der Waals surface area contributed by atoms with Crippen molar-refractivity contribution >= 4 is 23.3 Å². The number of aryl methyl sites for hydroxylation is 1. The van der Waals surface area contributed by atoms with Crippen molar-refractivity contribution in [2.24, 2.45) is 0 Å². The predicted molar refractivity (Wildman–Crippen MR) is 90.4 cm³/mol. The highest BCUT2D eigenvalue weighted by molar-refractivity contribution is 5.98. The van der Waals surface area contributed by atoms with Crippen LogP contribution in [-0.2, 0) is 14.3 Å². The fourth-order valence-corrected chi connectivity index (χ4v) is 2.58. The predicted octanol–water partition coefficient (Wildman–Crippen LogP) is 3.52. The first-order chi connectivity index (χ1) is 11.6. The molecule has 2 aromatic rings. The summed E-state index contributed by atoms with van der Waals surface area (Å²) in [5, 5.41) is 3.28. The monoisotopic (exact) mass is 325 g/mol. The van der Waals surface area contributed by atoms with Crippen molar-refractivity contribution in [3.05, 3.63) is 59.2 Å². The lowest BCUT2D eigenvalue weighted by molar-refractivity contribution is -0.145. The van der Waals surface area contributed by atoms with Gasteiger partial charge in [0, 0.05) is 12.1 Å². The Morgan fingerprint density at radius 3 is 2.62 bits per heavy atom. The molecule has 1 heterocycles. The van der Waals surface area contributed by atoms with Crippen LogP contribution >= 0.6 is 0 Å². The number of ether oxygens (including phenoxy) is 2. The normalized spacial score (nSPS) is 16.6. The van der Waals surface area contributed by atoms with E-state index in [0.717, 1.165) is 16.8 Å². The van der Waals surface area contributed by atoms with Crippen molar-refractivity contribution in [1.29, 1.82) is 0 Å². The summed E-state index contributed by atoms with van der Waals surface area (Å²) in [4.78, 5) is 23.9. The molecule has 24 heavy (non-hydrogen) atoms. The molecule has 0 amide bonds. The number of hydrogen-bond donors (Lipinski definition) is 1. The maximum atomic E-state index is 12.4. The lowest BCUT2D eigenvalue weighted by Crippen LogP contribution is -2.23.